The first-order valence-electron chi connectivity index (χ1n) is 10.1. The highest BCUT2D eigenvalue weighted by molar-refractivity contribution is 6.09. The van der Waals surface area contributed by atoms with E-state index in [1.165, 1.54) is 0 Å². The Morgan fingerprint density at radius 3 is 2.31 bits per heavy atom. The Morgan fingerprint density at radius 2 is 1.81 bits per heavy atom. The van der Waals surface area contributed by atoms with Gasteiger partial charge in [-0.3, -0.25) is 14.5 Å². The van der Waals surface area contributed by atoms with Crippen molar-refractivity contribution < 1.29 is 14.4 Å². The minimum atomic E-state index is -0.799. The topological polar surface area (TPSA) is 78.5 Å². The highest BCUT2D eigenvalue weighted by atomic mass is 16.2. The third-order valence-corrected chi connectivity index (χ3v) is 6.75. The second-order valence-electron chi connectivity index (χ2n) is 8.60. The van der Waals surface area contributed by atoms with Gasteiger partial charge in [-0.25, -0.2) is 4.79 Å². The van der Waals surface area contributed by atoms with Crippen molar-refractivity contribution in [3.63, 3.8) is 0 Å². The summed E-state index contributed by atoms with van der Waals surface area (Å²) in [5.41, 5.74) is -0.547. The lowest BCUT2D eigenvalue weighted by atomic mass is 9.65. The van der Waals surface area contributed by atoms with Crippen LogP contribution in [-0.2, 0) is 9.59 Å². The zero-order valence-corrected chi connectivity index (χ0v) is 17.0. The molecule has 1 heterocycles. The van der Waals surface area contributed by atoms with Gasteiger partial charge < -0.3 is 10.6 Å². The fourth-order valence-electron chi connectivity index (χ4n) is 4.25. The number of hydrogen-bond acceptors (Lipinski definition) is 3. The number of carbonyl (C=O) groups excluding carboxylic acids is 3. The molecule has 0 atom stereocenters. The molecule has 148 valence electrons. The molecule has 1 saturated carbocycles. The van der Waals surface area contributed by atoms with Crippen LogP contribution in [0, 0.1) is 11.3 Å². The molecule has 6 heteroatoms. The predicted octanol–water partition coefficient (Wildman–Crippen LogP) is 3.21. The van der Waals surface area contributed by atoms with Gasteiger partial charge >= 0.3 is 6.03 Å². The lowest BCUT2D eigenvalue weighted by molar-refractivity contribution is -0.136. The Hall–Kier alpha value is -1.59. The molecule has 4 amide bonds. The Kier molecular flexibility index (Phi) is 6.35. The first kappa shape index (κ1) is 20.7. The molecule has 1 aliphatic heterocycles. The first-order chi connectivity index (χ1) is 12.2. The van der Waals surface area contributed by atoms with Crippen LogP contribution in [0.4, 0.5) is 4.79 Å². The number of hydrogen-bond donors (Lipinski definition) is 2. The quantitative estimate of drug-likeness (QED) is 0.680. The van der Waals surface area contributed by atoms with Crippen LogP contribution in [0.5, 0.6) is 0 Å². The Bertz CT molecular complexity index is 547. The molecule has 0 aromatic carbocycles. The van der Waals surface area contributed by atoms with E-state index in [1.54, 1.807) is 0 Å². The monoisotopic (exact) mass is 365 g/mol. The van der Waals surface area contributed by atoms with Crippen LogP contribution in [-0.4, -0.2) is 40.9 Å². The number of amides is 4. The number of rotatable bonds is 7. The highest BCUT2D eigenvalue weighted by Gasteiger charge is 2.53. The van der Waals surface area contributed by atoms with Crippen LogP contribution >= 0.6 is 0 Å². The maximum absolute atomic E-state index is 12.9. The van der Waals surface area contributed by atoms with Gasteiger partial charge in [0.1, 0.15) is 12.1 Å². The summed E-state index contributed by atoms with van der Waals surface area (Å²) < 4.78 is 0. The van der Waals surface area contributed by atoms with Crippen molar-refractivity contribution in [2.75, 3.05) is 6.54 Å². The Morgan fingerprint density at radius 1 is 1.23 bits per heavy atom. The van der Waals surface area contributed by atoms with Crippen molar-refractivity contribution >= 4 is 17.8 Å². The van der Waals surface area contributed by atoms with Gasteiger partial charge in [0.2, 0.25) is 5.91 Å². The van der Waals surface area contributed by atoms with Crippen molar-refractivity contribution in [2.24, 2.45) is 11.3 Å². The second-order valence-corrected chi connectivity index (χ2v) is 8.60. The van der Waals surface area contributed by atoms with Gasteiger partial charge in [0.25, 0.3) is 5.91 Å². The van der Waals surface area contributed by atoms with Crippen molar-refractivity contribution in [1.82, 2.24) is 15.5 Å². The van der Waals surface area contributed by atoms with Crippen LogP contribution in [0.2, 0.25) is 0 Å². The zero-order valence-electron chi connectivity index (χ0n) is 17.0. The molecular formula is C20H35N3O3. The molecule has 0 unspecified atom stereocenters. The van der Waals surface area contributed by atoms with E-state index in [2.05, 4.69) is 31.4 Å². The molecule has 2 aliphatic rings. The van der Waals surface area contributed by atoms with Crippen LogP contribution in [0.1, 0.15) is 79.6 Å². The molecule has 2 fully saturated rings. The van der Waals surface area contributed by atoms with Gasteiger partial charge in [-0.2, -0.15) is 0 Å². The molecule has 6 nitrogen and oxygen atoms in total. The molecule has 1 aliphatic carbocycles. The van der Waals surface area contributed by atoms with E-state index in [9.17, 15) is 14.4 Å². The summed E-state index contributed by atoms with van der Waals surface area (Å²) in [5.74, 6) is 0.0741. The summed E-state index contributed by atoms with van der Waals surface area (Å²) in [6.07, 6.45) is 5.96. The molecule has 0 bridgehead atoms. The van der Waals surface area contributed by atoms with Gasteiger partial charge in [-0.05, 0) is 49.9 Å². The van der Waals surface area contributed by atoms with Crippen molar-refractivity contribution in [3.8, 4) is 0 Å². The molecule has 2 rings (SSSR count). The van der Waals surface area contributed by atoms with Crippen LogP contribution < -0.4 is 10.6 Å². The van der Waals surface area contributed by atoms with Gasteiger partial charge in [0, 0.05) is 6.04 Å². The molecule has 0 aromatic rings. The molecule has 1 saturated heterocycles. The normalized spacial score (nSPS) is 26.5. The third kappa shape index (κ3) is 4.04. The second kappa shape index (κ2) is 7.97. The van der Waals surface area contributed by atoms with E-state index in [0.29, 0.717) is 18.8 Å². The lowest BCUT2D eigenvalue weighted by Crippen LogP contribution is -2.51. The number of nitrogens with zero attached hydrogens (tertiary/aromatic N) is 1. The van der Waals surface area contributed by atoms with E-state index >= 15 is 0 Å². The summed E-state index contributed by atoms with van der Waals surface area (Å²) in [6, 6.07) is -0.341. The van der Waals surface area contributed by atoms with Crippen molar-refractivity contribution in [2.45, 2.75) is 91.1 Å². The largest absolute Gasteiger partial charge is 0.352 e. The number of carbonyl (C=O) groups is 3. The molecular weight excluding hydrogens is 330 g/mol. The first-order valence-corrected chi connectivity index (χ1v) is 10.1. The maximum atomic E-state index is 12.9. The molecule has 0 radical (unpaired) electrons. The summed E-state index contributed by atoms with van der Waals surface area (Å²) in [7, 11) is 0. The average Bonchev–Trinajstić information content (AvgIpc) is 2.84. The van der Waals surface area contributed by atoms with E-state index in [-0.39, 0.29) is 29.8 Å². The molecule has 26 heavy (non-hydrogen) atoms. The van der Waals surface area contributed by atoms with Gasteiger partial charge in [-0.1, -0.05) is 41.0 Å². The third-order valence-electron chi connectivity index (χ3n) is 6.75. The van der Waals surface area contributed by atoms with E-state index in [4.69, 9.17) is 0 Å². The molecule has 0 aromatic heterocycles. The van der Waals surface area contributed by atoms with E-state index < -0.39 is 11.6 Å². The van der Waals surface area contributed by atoms with Gasteiger partial charge in [-0.15, -0.1) is 0 Å². The maximum Gasteiger partial charge on any atom is 0.325 e. The SMILES string of the molecule is CCC(CC)NC(=O)CN1C(=O)NC2(CCC(C(C)(C)CC)CC2)C1=O. The molecule has 1 spiro atoms. The average molecular weight is 366 g/mol. The molecule has 2 N–H and O–H groups in total. The lowest BCUT2D eigenvalue weighted by Gasteiger charge is -2.42. The summed E-state index contributed by atoms with van der Waals surface area (Å²) in [5, 5.41) is 5.80. The van der Waals surface area contributed by atoms with Crippen LogP contribution in [0.3, 0.4) is 0 Å². The van der Waals surface area contributed by atoms with Gasteiger partial charge in [0.05, 0.1) is 0 Å². The standard InChI is InChI=1S/C20H35N3O3/c1-6-15(7-2)21-16(24)13-23-17(25)20(22-18(23)26)11-9-14(10-12-20)19(4,5)8-3/h14-15H,6-13H2,1-5H3,(H,21,24)(H,22,26). The smallest absolute Gasteiger partial charge is 0.325 e. The number of urea groups is 1. The Labute approximate surface area is 157 Å². The zero-order chi connectivity index (χ0) is 19.5. The number of imide groups is 1. The highest BCUT2D eigenvalue weighted by Crippen LogP contribution is 2.45. The summed E-state index contributed by atoms with van der Waals surface area (Å²) >= 11 is 0. The fourth-order valence-corrected chi connectivity index (χ4v) is 4.25. The minimum absolute atomic E-state index is 0.0870. The van der Waals surface area contributed by atoms with Crippen LogP contribution in [0.25, 0.3) is 0 Å². The fraction of sp³-hybridized carbons (Fsp3) is 0.850. The Balaban J connectivity index is 2.00. The predicted molar refractivity (Wildman–Crippen MR) is 102 cm³/mol. The van der Waals surface area contributed by atoms with E-state index in [0.717, 1.165) is 37.0 Å². The van der Waals surface area contributed by atoms with Crippen LogP contribution in [0.15, 0.2) is 0 Å². The minimum Gasteiger partial charge on any atom is -0.352 e. The van der Waals surface area contributed by atoms with Crippen molar-refractivity contribution in [3.05, 3.63) is 0 Å². The van der Waals surface area contributed by atoms with Gasteiger partial charge in [0.15, 0.2) is 0 Å². The number of nitrogens with one attached hydrogen (secondary N) is 2. The van der Waals surface area contributed by atoms with E-state index in [1.807, 2.05) is 13.8 Å². The van der Waals surface area contributed by atoms with Crippen molar-refractivity contribution in [1.29, 1.82) is 0 Å². The summed E-state index contributed by atoms with van der Waals surface area (Å²) in [6.45, 7) is 10.6. The summed E-state index contributed by atoms with van der Waals surface area (Å²) in [4.78, 5) is 38.6.